The maximum Gasteiger partial charge on any atom is 0.422 e. The summed E-state index contributed by atoms with van der Waals surface area (Å²) in [6.07, 6.45) is -4.39. The van der Waals surface area contributed by atoms with Gasteiger partial charge in [-0.25, -0.2) is 8.78 Å². The number of aliphatic imine (C=N–C) groups is 1. The van der Waals surface area contributed by atoms with Crippen LogP contribution >= 0.6 is 24.0 Å². The minimum atomic E-state index is -4.39. The average Bonchev–Trinajstić information content (AvgIpc) is 2.63. The highest BCUT2D eigenvalue weighted by atomic mass is 127. The number of ether oxygens (including phenoxy) is 1. The van der Waals surface area contributed by atoms with Crippen LogP contribution in [-0.2, 0) is 13.1 Å². The van der Waals surface area contributed by atoms with Crippen molar-refractivity contribution < 1.29 is 26.7 Å². The lowest BCUT2D eigenvalue weighted by molar-refractivity contribution is -0.153. The van der Waals surface area contributed by atoms with Crippen LogP contribution in [0.4, 0.5) is 22.0 Å². The van der Waals surface area contributed by atoms with Crippen LogP contribution in [0.15, 0.2) is 47.5 Å². The molecule has 0 spiro atoms. The van der Waals surface area contributed by atoms with Crippen molar-refractivity contribution in [1.29, 1.82) is 0 Å². The molecule has 0 radical (unpaired) electrons. The first-order chi connectivity index (χ1) is 12.8. The van der Waals surface area contributed by atoms with Crippen molar-refractivity contribution in [3.05, 3.63) is 65.2 Å². The predicted octanol–water partition coefficient (Wildman–Crippen LogP) is 4.39. The summed E-state index contributed by atoms with van der Waals surface area (Å²) in [5, 5.41) is 5.82. The molecule has 28 heavy (non-hydrogen) atoms. The topological polar surface area (TPSA) is 45.7 Å². The highest BCUT2D eigenvalue weighted by Crippen LogP contribution is 2.18. The predicted molar refractivity (Wildman–Crippen MR) is 107 cm³/mol. The van der Waals surface area contributed by atoms with E-state index >= 15 is 0 Å². The molecule has 0 amide bonds. The first-order valence-corrected chi connectivity index (χ1v) is 7.94. The molecule has 154 valence electrons. The van der Waals surface area contributed by atoms with Crippen LogP contribution in [0.3, 0.4) is 0 Å². The Kier molecular flexibility index (Phi) is 9.42. The average molecular weight is 515 g/mol. The van der Waals surface area contributed by atoms with Gasteiger partial charge in [0.15, 0.2) is 12.6 Å². The van der Waals surface area contributed by atoms with Crippen LogP contribution in [-0.4, -0.2) is 25.8 Å². The summed E-state index contributed by atoms with van der Waals surface area (Å²) in [4.78, 5) is 3.97. The van der Waals surface area contributed by atoms with Crippen molar-refractivity contribution in [2.24, 2.45) is 4.99 Å². The van der Waals surface area contributed by atoms with Gasteiger partial charge in [0.1, 0.15) is 17.4 Å². The van der Waals surface area contributed by atoms with E-state index in [1.54, 1.807) is 12.1 Å². The third-order valence-electron chi connectivity index (χ3n) is 3.46. The van der Waals surface area contributed by atoms with Gasteiger partial charge in [-0.3, -0.25) is 4.99 Å². The summed E-state index contributed by atoms with van der Waals surface area (Å²) in [5.74, 6) is -0.603. The Bertz CT molecular complexity index is 782. The van der Waals surface area contributed by atoms with E-state index in [-0.39, 0.29) is 41.8 Å². The standard InChI is InChI=1S/C18H18F5N3O.HI/c1-24-17(26-10-13-8-14(19)4-7-16(13)20)25-9-12-2-5-15(6-3-12)27-11-18(21,22)23;/h2-8H,9-11H2,1H3,(H2,24,25,26);1H. The SMILES string of the molecule is CN=C(NCc1ccc(OCC(F)(F)F)cc1)NCc1cc(F)ccc1F.I. The molecule has 2 rings (SSSR count). The van der Waals surface area contributed by atoms with E-state index in [1.165, 1.54) is 19.2 Å². The molecule has 0 unspecified atom stereocenters. The summed E-state index contributed by atoms with van der Waals surface area (Å²) in [6.45, 7) is -0.990. The minimum absolute atomic E-state index is 0. The normalized spacial score (nSPS) is 11.6. The van der Waals surface area contributed by atoms with Crippen LogP contribution < -0.4 is 15.4 Å². The van der Waals surface area contributed by atoms with Gasteiger partial charge in [0.05, 0.1) is 0 Å². The fraction of sp³-hybridized carbons (Fsp3) is 0.278. The van der Waals surface area contributed by atoms with Gasteiger partial charge in [0, 0.05) is 25.7 Å². The van der Waals surface area contributed by atoms with Gasteiger partial charge in [-0.2, -0.15) is 13.2 Å². The molecule has 0 aliphatic carbocycles. The molecule has 0 aliphatic rings. The van der Waals surface area contributed by atoms with E-state index in [9.17, 15) is 22.0 Å². The van der Waals surface area contributed by atoms with Crippen LogP contribution in [0.25, 0.3) is 0 Å². The molecule has 0 saturated carbocycles. The summed E-state index contributed by atoms with van der Waals surface area (Å²) >= 11 is 0. The van der Waals surface area contributed by atoms with Crippen molar-refractivity contribution in [1.82, 2.24) is 10.6 Å². The Morgan fingerprint density at radius 1 is 1.00 bits per heavy atom. The fourth-order valence-corrected chi connectivity index (χ4v) is 2.13. The van der Waals surface area contributed by atoms with Crippen molar-refractivity contribution >= 4 is 29.9 Å². The molecule has 2 N–H and O–H groups in total. The van der Waals surface area contributed by atoms with E-state index in [0.717, 1.165) is 23.8 Å². The Balaban J connectivity index is 0.00000392. The van der Waals surface area contributed by atoms with E-state index in [4.69, 9.17) is 0 Å². The first kappa shape index (κ1) is 23.9. The third kappa shape index (κ3) is 8.28. The van der Waals surface area contributed by atoms with Crippen molar-refractivity contribution in [3.63, 3.8) is 0 Å². The van der Waals surface area contributed by atoms with E-state index in [1.807, 2.05) is 0 Å². The van der Waals surface area contributed by atoms with E-state index in [2.05, 4.69) is 20.4 Å². The van der Waals surface area contributed by atoms with Crippen LogP contribution in [0.2, 0.25) is 0 Å². The van der Waals surface area contributed by atoms with Crippen LogP contribution in [0.5, 0.6) is 5.75 Å². The lowest BCUT2D eigenvalue weighted by Gasteiger charge is -2.13. The monoisotopic (exact) mass is 515 g/mol. The lowest BCUT2D eigenvalue weighted by atomic mass is 10.2. The summed E-state index contributed by atoms with van der Waals surface area (Å²) in [6, 6.07) is 9.26. The molecule has 0 bridgehead atoms. The highest BCUT2D eigenvalue weighted by molar-refractivity contribution is 14.0. The zero-order valence-electron chi connectivity index (χ0n) is 14.8. The number of nitrogens with one attached hydrogen (secondary N) is 2. The highest BCUT2D eigenvalue weighted by Gasteiger charge is 2.28. The van der Waals surface area contributed by atoms with Crippen LogP contribution in [0.1, 0.15) is 11.1 Å². The first-order valence-electron chi connectivity index (χ1n) is 7.94. The van der Waals surface area contributed by atoms with Gasteiger partial charge in [-0.15, -0.1) is 24.0 Å². The smallest absolute Gasteiger partial charge is 0.422 e. The molecule has 0 atom stereocenters. The molecule has 0 aliphatic heterocycles. The number of rotatable bonds is 6. The molecule has 2 aromatic carbocycles. The molecule has 10 heteroatoms. The van der Waals surface area contributed by atoms with Gasteiger partial charge in [-0.1, -0.05) is 12.1 Å². The molecular formula is C18H19F5IN3O. The lowest BCUT2D eigenvalue weighted by Crippen LogP contribution is -2.36. The van der Waals surface area contributed by atoms with Crippen LogP contribution in [0, 0.1) is 11.6 Å². The van der Waals surface area contributed by atoms with Gasteiger partial charge in [0.25, 0.3) is 0 Å². The Morgan fingerprint density at radius 3 is 2.25 bits per heavy atom. The Hall–Kier alpha value is -2.11. The molecule has 0 aromatic heterocycles. The van der Waals surface area contributed by atoms with Crippen molar-refractivity contribution in [2.75, 3.05) is 13.7 Å². The number of halogens is 6. The quantitative estimate of drug-likeness (QED) is 0.260. The van der Waals surface area contributed by atoms with Gasteiger partial charge in [0.2, 0.25) is 0 Å². The maximum absolute atomic E-state index is 13.6. The number of hydrogen-bond acceptors (Lipinski definition) is 2. The zero-order chi connectivity index (χ0) is 19.9. The second-order valence-electron chi connectivity index (χ2n) is 5.56. The molecule has 0 heterocycles. The largest absolute Gasteiger partial charge is 0.484 e. The number of hydrogen-bond donors (Lipinski definition) is 2. The molecule has 2 aromatic rings. The minimum Gasteiger partial charge on any atom is -0.484 e. The molecule has 0 saturated heterocycles. The van der Waals surface area contributed by atoms with Gasteiger partial charge < -0.3 is 15.4 Å². The maximum atomic E-state index is 13.6. The Labute approximate surface area is 176 Å². The van der Waals surface area contributed by atoms with E-state index in [0.29, 0.717) is 12.5 Å². The number of alkyl halides is 3. The second kappa shape index (κ2) is 11.0. The Morgan fingerprint density at radius 2 is 1.64 bits per heavy atom. The van der Waals surface area contributed by atoms with Crippen molar-refractivity contribution in [3.8, 4) is 5.75 Å². The number of guanidine groups is 1. The molecule has 0 fully saturated rings. The fourth-order valence-electron chi connectivity index (χ4n) is 2.13. The summed E-state index contributed by atoms with van der Waals surface area (Å²) < 4.78 is 67.7. The van der Waals surface area contributed by atoms with E-state index < -0.39 is 24.4 Å². The third-order valence-corrected chi connectivity index (χ3v) is 3.46. The number of nitrogens with zero attached hydrogens (tertiary/aromatic N) is 1. The zero-order valence-corrected chi connectivity index (χ0v) is 17.1. The molecular weight excluding hydrogens is 496 g/mol. The summed E-state index contributed by atoms with van der Waals surface area (Å²) in [7, 11) is 1.52. The molecule has 4 nitrogen and oxygen atoms in total. The van der Waals surface area contributed by atoms with Gasteiger partial charge in [-0.05, 0) is 35.9 Å². The number of benzene rings is 2. The van der Waals surface area contributed by atoms with Crippen molar-refractivity contribution in [2.45, 2.75) is 19.3 Å². The van der Waals surface area contributed by atoms with Gasteiger partial charge >= 0.3 is 6.18 Å². The second-order valence-corrected chi connectivity index (χ2v) is 5.56. The summed E-state index contributed by atoms with van der Waals surface area (Å²) in [5.41, 5.74) is 0.929.